The van der Waals surface area contributed by atoms with Gasteiger partial charge < -0.3 is 5.11 Å². The first-order valence-corrected chi connectivity index (χ1v) is 1.41. The van der Waals surface area contributed by atoms with Crippen molar-refractivity contribution in [1.29, 1.82) is 0 Å². The smallest absolute Gasteiger partial charge is 0.0483 e. The monoisotopic (exact) mass is 247 g/mol. The second-order valence-electron chi connectivity index (χ2n) is 1.09. The van der Waals surface area contributed by atoms with Crippen LogP contribution in [0.5, 0.6) is 0 Å². The molecule has 0 fully saturated rings. The van der Waals surface area contributed by atoms with Gasteiger partial charge in [0.2, 0.25) is 0 Å². The fourth-order valence-electron chi connectivity index (χ4n) is 0. The maximum atomic E-state index is 8.06. The molecule has 33 valence electrons. The molecule has 2 heteroatoms. The average molecular weight is 246 g/mol. The Bertz CT molecular complexity index is 11.6. The molecule has 0 spiro atoms. The molecule has 0 heterocycles. The van der Waals surface area contributed by atoms with Crippen LogP contribution in [0.15, 0.2) is 0 Å². The van der Waals surface area contributed by atoms with Gasteiger partial charge in [0, 0.05) is 26.5 Å². The Balaban J connectivity index is 0. The molecule has 0 aliphatic rings. The minimum atomic E-state index is -0.167. The third-order valence-electron chi connectivity index (χ3n) is 0. The predicted molar refractivity (Wildman–Crippen MR) is 17.4 cm³/mol. The largest absolute Gasteiger partial charge is 0.394 e. The van der Waals surface area contributed by atoms with Crippen LogP contribution >= 0.6 is 0 Å². The van der Waals surface area contributed by atoms with E-state index in [9.17, 15) is 0 Å². The minimum Gasteiger partial charge on any atom is -0.394 e. The molecule has 0 saturated heterocycles. The van der Waals surface area contributed by atoms with Crippen molar-refractivity contribution in [2.45, 2.75) is 20.0 Å². The Kier molecular flexibility index (Phi) is 8.46. The zero-order valence-corrected chi connectivity index (χ0v) is 6.12. The molecule has 0 aromatic rings. The van der Waals surface area contributed by atoms with Crippen molar-refractivity contribution < 1.29 is 25.5 Å². The third-order valence-corrected chi connectivity index (χ3v) is 0. The molecule has 1 nitrogen and oxygen atoms in total. The van der Waals surface area contributed by atoms with Crippen LogP contribution in [0.2, 0.25) is 0 Å². The molecule has 0 aromatic carbocycles. The number of aliphatic hydroxyl groups excluding tert-OH is 1. The molecule has 0 saturated carbocycles. The van der Waals surface area contributed by atoms with Crippen molar-refractivity contribution in [3.05, 3.63) is 0 Å². The van der Waals surface area contributed by atoms with E-state index in [-0.39, 0.29) is 26.5 Å². The molecule has 0 unspecified atom stereocenters. The van der Waals surface area contributed by atoms with E-state index < -0.39 is 0 Å². The summed E-state index contributed by atoms with van der Waals surface area (Å²) in [5.41, 5.74) is 0. The van der Waals surface area contributed by atoms with Crippen LogP contribution in [0.4, 0.5) is 0 Å². The van der Waals surface area contributed by atoms with E-state index in [1.165, 1.54) is 0 Å². The Labute approximate surface area is 46.0 Å². The summed E-state index contributed by atoms with van der Waals surface area (Å²) in [5, 5.41) is 8.06. The van der Waals surface area contributed by atoms with Gasteiger partial charge in [-0.3, -0.25) is 0 Å². The summed E-state index contributed by atoms with van der Waals surface area (Å²) in [6.07, 6.45) is -0.167. The molecule has 5 heavy (non-hydrogen) atoms. The van der Waals surface area contributed by atoms with Crippen molar-refractivity contribution >= 4 is 0 Å². The van der Waals surface area contributed by atoms with Crippen molar-refractivity contribution in [3.63, 3.8) is 0 Å². The number of aliphatic hydroxyl groups is 1. The summed E-state index contributed by atoms with van der Waals surface area (Å²) < 4.78 is 0. The Hall–Kier alpha value is 0.622. The second-order valence-corrected chi connectivity index (χ2v) is 1.09. The van der Waals surface area contributed by atoms with Gasteiger partial charge in [-0.2, -0.15) is 0 Å². The molecule has 1 N–H and O–H groups in total. The van der Waals surface area contributed by atoms with Crippen LogP contribution in [0, 0.1) is 0 Å². The molecule has 0 amide bonds. The molecule has 0 aromatic heterocycles. The number of rotatable bonds is 0. The summed E-state index contributed by atoms with van der Waals surface area (Å²) in [7, 11) is 0. The number of hydrogen-bond acceptors (Lipinski definition) is 1. The van der Waals surface area contributed by atoms with Crippen LogP contribution in [0.3, 0.4) is 0 Å². The first kappa shape index (κ1) is 9.16. The van der Waals surface area contributed by atoms with E-state index in [2.05, 4.69) is 0 Å². The topological polar surface area (TPSA) is 20.2 Å². The van der Waals surface area contributed by atoms with Crippen LogP contribution in [-0.2, 0) is 20.4 Å². The summed E-state index contributed by atoms with van der Waals surface area (Å²) >= 11 is 0. The van der Waals surface area contributed by atoms with Crippen molar-refractivity contribution in [1.82, 2.24) is 0 Å². The van der Waals surface area contributed by atoms with Crippen LogP contribution < -0.4 is 0 Å². The van der Waals surface area contributed by atoms with Gasteiger partial charge in [0.05, 0.1) is 0 Å². The zero-order chi connectivity index (χ0) is 3.58. The fraction of sp³-hybridized carbons (Fsp3) is 1.00. The maximum Gasteiger partial charge on any atom is 0.0483 e. The van der Waals surface area contributed by atoms with E-state index in [0.717, 1.165) is 0 Å². The van der Waals surface area contributed by atoms with Gasteiger partial charge in [-0.05, 0) is 13.8 Å². The summed E-state index contributed by atoms with van der Waals surface area (Å²) in [5.74, 6) is 0. The van der Waals surface area contributed by atoms with Gasteiger partial charge in [0.25, 0.3) is 0 Å². The van der Waals surface area contributed by atoms with E-state index in [0.29, 0.717) is 0 Å². The molecule has 0 atom stereocenters. The fourth-order valence-corrected chi connectivity index (χ4v) is 0. The normalized spacial score (nSPS) is 7.20. The van der Waals surface area contributed by atoms with E-state index in [4.69, 9.17) is 5.11 Å². The first-order chi connectivity index (χ1) is 1.73. The van der Waals surface area contributed by atoms with Gasteiger partial charge >= 0.3 is 0 Å². The second kappa shape index (κ2) is 4.62. The molecule has 0 aliphatic heterocycles. The third kappa shape index (κ3) is 82.1. The van der Waals surface area contributed by atoms with Gasteiger partial charge in [0.1, 0.15) is 0 Å². The van der Waals surface area contributed by atoms with Gasteiger partial charge in [-0.25, -0.2) is 0 Å². The van der Waals surface area contributed by atoms with Crippen LogP contribution in [0.25, 0.3) is 0 Å². The van der Waals surface area contributed by atoms with Gasteiger partial charge in [-0.15, -0.1) is 0 Å². The van der Waals surface area contributed by atoms with E-state index in [1.807, 2.05) is 0 Å². The van der Waals surface area contributed by atoms with Gasteiger partial charge in [0.15, 0.2) is 0 Å². The maximum absolute atomic E-state index is 8.06. The van der Waals surface area contributed by atoms with E-state index in [1.54, 1.807) is 13.8 Å². The molecule has 0 aliphatic carbocycles. The SMILES string of the molecule is CC(C)O.[Re]. The molecule has 1 radical (unpaired) electrons. The Morgan fingerprint density at radius 1 is 1.40 bits per heavy atom. The Morgan fingerprint density at radius 2 is 1.40 bits per heavy atom. The first-order valence-electron chi connectivity index (χ1n) is 1.41. The molecule has 0 rings (SSSR count). The zero-order valence-electron chi connectivity index (χ0n) is 3.40. The number of hydrogen-bond donors (Lipinski definition) is 1. The summed E-state index contributed by atoms with van der Waals surface area (Å²) in [4.78, 5) is 0. The molecular formula is C3H8ORe. The summed E-state index contributed by atoms with van der Waals surface area (Å²) in [6.45, 7) is 3.44. The predicted octanol–water partition coefficient (Wildman–Crippen LogP) is 0.385. The van der Waals surface area contributed by atoms with E-state index >= 15 is 0 Å². The van der Waals surface area contributed by atoms with Crippen molar-refractivity contribution in [2.75, 3.05) is 0 Å². The van der Waals surface area contributed by atoms with Crippen molar-refractivity contribution in [2.24, 2.45) is 0 Å². The average Bonchev–Trinajstić information content (AvgIpc) is 0.811. The standard InChI is InChI=1S/C3H8O.Re/c1-3(2)4;/h3-4H,1-2H3;. The summed E-state index contributed by atoms with van der Waals surface area (Å²) in [6, 6.07) is 0. The minimum absolute atomic E-state index is 0. The van der Waals surface area contributed by atoms with Crippen LogP contribution in [-0.4, -0.2) is 11.2 Å². The van der Waals surface area contributed by atoms with Crippen molar-refractivity contribution in [3.8, 4) is 0 Å². The van der Waals surface area contributed by atoms with Crippen LogP contribution in [0.1, 0.15) is 13.8 Å². The quantitative estimate of drug-likeness (QED) is 0.655. The molecular weight excluding hydrogens is 238 g/mol. The Morgan fingerprint density at radius 3 is 1.40 bits per heavy atom. The molecule has 0 bridgehead atoms. The van der Waals surface area contributed by atoms with Gasteiger partial charge in [-0.1, -0.05) is 0 Å².